The van der Waals surface area contributed by atoms with Crippen molar-refractivity contribution in [3.05, 3.63) is 70.8 Å². The van der Waals surface area contributed by atoms with Crippen LogP contribution in [0.2, 0.25) is 0 Å². The summed E-state index contributed by atoms with van der Waals surface area (Å²) >= 11 is 0. The molecule has 9 nitrogen and oxygen atoms in total. The third-order valence-electron chi connectivity index (χ3n) is 7.03. The predicted octanol–water partition coefficient (Wildman–Crippen LogP) is 4.05. The smallest absolute Gasteiger partial charge is 0.306 e. The lowest BCUT2D eigenvalue weighted by Gasteiger charge is -2.26. The van der Waals surface area contributed by atoms with Crippen LogP contribution in [-0.2, 0) is 45.5 Å². The number of benzene rings is 1. The van der Waals surface area contributed by atoms with Gasteiger partial charge in [0.2, 0.25) is 10.0 Å². The Morgan fingerprint density at radius 3 is 2.79 bits per heavy atom. The van der Waals surface area contributed by atoms with Gasteiger partial charge in [0.1, 0.15) is 4.90 Å². The molecule has 0 radical (unpaired) electrons. The minimum absolute atomic E-state index is 0.151. The van der Waals surface area contributed by atoms with E-state index in [1.807, 2.05) is 38.2 Å². The van der Waals surface area contributed by atoms with E-state index >= 15 is 0 Å². The molecule has 0 spiro atoms. The van der Waals surface area contributed by atoms with Gasteiger partial charge in [-0.3, -0.25) is 14.5 Å². The molecule has 204 valence electrons. The maximum Gasteiger partial charge on any atom is 0.306 e. The Morgan fingerprint density at radius 1 is 1.24 bits per heavy atom. The SMILES string of the molecule is CCOC(=O)CC(CCc1cn(CC)nn1)c1ccc(C)cc1CN1CC(C)Cc2ccncc2S1(=O)=O. The predicted molar refractivity (Wildman–Crippen MR) is 144 cm³/mol. The number of sulfonamides is 1. The summed E-state index contributed by atoms with van der Waals surface area (Å²) in [7, 11) is -3.73. The lowest BCUT2D eigenvalue weighted by molar-refractivity contribution is -0.143. The van der Waals surface area contributed by atoms with Crippen LogP contribution in [0.25, 0.3) is 0 Å². The van der Waals surface area contributed by atoms with Gasteiger partial charge in [0, 0.05) is 38.2 Å². The molecule has 0 N–H and O–H groups in total. The van der Waals surface area contributed by atoms with Crippen molar-refractivity contribution in [3.63, 3.8) is 0 Å². The molecule has 10 heteroatoms. The number of aromatic nitrogens is 4. The highest BCUT2D eigenvalue weighted by Crippen LogP contribution is 2.33. The fourth-order valence-electron chi connectivity index (χ4n) is 5.16. The van der Waals surface area contributed by atoms with Gasteiger partial charge in [-0.1, -0.05) is 35.9 Å². The van der Waals surface area contributed by atoms with Crippen molar-refractivity contribution in [2.75, 3.05) is 13.2 Å². The monoisotopic (exact) mass is 539 g/mol. The van der Waals surface area contributed by atoms with Crippen LogP contribution in [0, 0.1) is 12.8 Å². The summed E-state index contributed by atoms with van der Waals surface area (Å²) in [5.74, 6) is -0.270. The van der Waals surface area contributed by atoms with Gasteiger partial charge in [-0.15, -0.1) is 5.10 Å². The maximum absolute atomic E-state index is 13.7. The van der Waals surface area contributed by atoms with E-state index in [-0.39, 0.29) is 35.7 Å². The van der Waals surface area contributed by atoms with Crippen LogP contribution < -0.4 is 0 Å². The summed E-state index contributed by atoms with van der Waals surface area (Å²) in [4.78, 5) is 17.0. The summed E-state index contributed by atoms with van der Waals surface area (Å²) < 4.78 is 36.1. The van der Waals surface area contributed by atoms with Gasteiger partial charge in [-0.25, -0.2) is 8.42 Å². The number of nitrogens with zero attached hydrogens (tertiary/aromatic N) is 5. The first-order valence-corrected chi connectivity index (χ1v) is 14.7. The number of hydrogen-bond donors (Lipinski definition) is 0. The molecule has 4 rings (SSSR count). The zero-order valence-electron chi connectivity index (χ0n) is 22.6. The average molecular weight is 540 g/mol. The molecule has 0 saturated carbocycles. The van der Waals surface area contributed by atoms with Gasteiger partial charge < -0.3 is 4.74 Å². The summed E-state index contributed by atoms with van der Waals surface area (Å²) in [6.45, 7) is 9.56. The van der Waals surface area contributed by atoms with E-state index in [9.17, 15) is 13.2 Å². The molecule has 2 atom stereocenters. The number of ether oxygens (including phenoxy) is 1. The number of carbonyl (C=O) groups is 1. The Hall–Kier alpha value is -3.11. The summed E-state index contributed by atoms with van der Waals surface area (Å²) in [6, 6.07) is 7.88. The first-order chi connectivity index (χ1) is 18.2. The van der Waals surface area contributed by atoms with E-state index in [0.29, 0.717) is 32.4 Å². The van der Waals surface area contributed by atoms with Gasteiger partial charge >= 0.3 is 5.97 Å². The number of aryl methyl sites for hydroxylation is 3. The van der Waals surface area contributed by atoms with Crippen molar-refractivity contribution in [1.29, 1.82) is 0 Å². The molecule has 0 saturated heterocycles. The second-order valence-corrected chi connectivity index (χ2v) is 12.0. The molecule has 2 unspecified atom stereocenters. The molecular formula is C28H37N5O4S. The third-order valence-corrected chi connectivity index (χ3v) is 8.92. The van der Waals surface area contributed by atoms with Gasteiger partial charge in [0.05, 0.1) is 18.7 Å². The number of hydrogen-bond acceptors (Lipinski definition) is 7. The minimum atomic E-state index is -3.73. The number of esters is 1. The normalized spacial score (nSPS) is 17.9. The number of carbonyl (C=O) groups excluding carboxylic acids is 1. The van der Waals surface area contributed by atoms with Crippen molar-refractivity contribution in [3.8, 4) is 0 Å². The van der Waals surface area contributed by atoms with Crippen molar-refractivity contribution in [2.24, 2.45) is 5.92 Å². The molecule has 1 aliphatic rings. The van der Waals surface area contributed by atoms with Gasteiger partial charge in [0.15, 0.2) is 0 Å². The highest BCUT2D eigenvalue weighted by atomic mass is 32.2. The molecule has 3 heterocycles. The molecule has 38 heavy (non-hydrogen) atoms. The molecule has 0 bridgehead atoms. The highest BCUT2D eigenvalue weighted by Gasteiger charge is 2.33. The lowest BCUT2D eigenvalue weighted by Crippen LogP contribution is -2.33. The molecule has 0 aliphatic carbocycles. The van der Waals surface area contributed by atoms with E-state index in [1.54, 1.807) is 28.2 Å². The van der Waals surface area contributed by atoms with Crippen LogP contribution >= 0.6 is 0 Å². The summed E-state index contributed by atoms with van der Waals surface area (Å²) in [5.41, 5.74) is 4.57. The standard InChI is InChI=1S/C28H37N5O4S/c1-5-32-19-25(30-31-32)9-8-22(15-28(34)37-6-2)26-10-7-20(3)13-24(26)18-33-17-21(4)14-23-11-12-29-16-27(23)38(33,35)36/h7,10-13,16,19,21-22H,5-6,8-9,14-15,17-18H2,1-4H3. The maximum atomic E-state index is 13.7. The van der Waals surface area contributed by atoms with Gasteiger partial charge in [-0.05, 0) is 74.6 Å². The fourth-order valence-corrected chi connectivity index (χ4v) is 6.88. The molecular weight excluding hydrogens is 502 g/mol. The fraction of sp³-hybridized carbons (Fsp3) is 0.500. The summed E-state index contributed by atoms with van der Waals surface area (Å²) in [6.07, 6.45) is 7.23. The van der Waals surface area contributed by atoms with Crippen molar-refractivity contribution in [1.82, 2.24) is 24.3 Å². The molecule has 2 aromatic heterocycles. The second-order valence-electron chi connectivity index (χ2n) is 10.1. The molecule has 3 aromatic rings. The van der Waals surface area contributed by atoms with E-state index in [1.165, 1.54) is 6.20 Å². The van der Waals surface area contributed by atoms with Crippen LogP contribution in [0.5, 0.6) is 0 Å². The average Bonchev–Trinajstić information content (AvgIpc) is 3.31. The molecule has 0 fully saturated rings. The zero-order valence-corrected chi connectivity index (χ0v) is 23.4. The van der Waals surface area contributed by atoms with Gasteiger partial charge in [-0.2, -0.15) is 4.31 Å². The topological polar surface area (TPSA) is 107 Å². The largest absolute Gasteiger partial charge is 0.466 e. The summed E-state index contributed by atoms with van der Waals surface area (Å²) in [5, 5.41) is 8.39. The van der Waals surface area contributed by atoms with Crippen molar-refractivity contribution in [2.45, 2.75) is 77.3 Å². The van der Waals surface area contributed by atoms with E-state index in [2.05, 4.69) is 22.2 Å². The van der Waals surface area contributed by atoms with E-state index in [0.717, 1.165) is 34.5 Å². The first kappa shape index (κ1) is 27.9. The Balaban J connectivity index is 1.67. The quantitative estimate of drug-likeness (QED) is 0.358. The van der Waals surface area contributed by atoms with Crippen LogP contribution in [-0.4, -0.2) is 51.8 Å². The number of fused-ring (bicyclic) bond motifs is 1. The second kappa shape index (κ2) is 12.2. The first-order valence-electron chi connectivity index (χ1n) is 13.3. The van der Waals surface area contributed by atoms with E-state index in [4.69, 9.17) is 4.74 Å². The molecule has 1 aliphatic heterocycles. The van der Waals surface area contributed by atoms with Crippen LogP contribution in [0.15, 0.2) is 47.8 Å². The van der Waals surface area contributed by atoms with Crippen molar-refractivity contribution >= 4 is 16.0 Å². The Labute approximate surface area is 225 Å². The van der Waals surface area contributed by atoms with Gasteiger partial charge in [0.25, 0.3) is 0 Å². The van der Waals surface area contributed by atoms with Crippen molar-refractivity contribution < 1.29 is 17.9 Å². The van der Waals surface area contributed by atoms with E-state index < -0.39 is 10.0 Å². The van der Waals surface area contributed by atoms with Crippen LogP contribution in [0.1, 0.15) is 67.5 Å². The Bertz CT molecular complexity index is 1370. The highest BCUT2D eigenvalue weighted by molar-refractivity contribution is 7.89. The number of pyridine rings is 1. The Morgan fingerprint density at radius 2 is 2.05 bits per heavy atom. The Kier molecular flexibility index (Phi) is 8.94. The lowest BCUT2D eigenvalue weighted by atomic mass is 9.86. The number of rotatable bonds is 10. The minimum Gasteiger partial charge on any atom is -0.466 e. The third kappa shape index (κ3) is 6.47. The van der Waals surface area contributed by atoms with Crippen LogP contribution in [0.4, 0.5) is 0 Å². The van der Waals surface area contributed by atoms with Crippen LogP contribution in [0.3, 0.4) is 0 Å². The molecule has 1 aromatic carbocycles. The zero-order chi connectivity index (χ0) is 27.3. The molecule has 0 amide bonds.